The van der Waals surface area contributed by atoms with Gasteiger partial charge in [-0.3, -0.25) is 14.4 Å². The molecule has 1 aromatic heterocycles. The van der Waals surface area contributed by atoms with Gasteiger partial charge in [0.1, 0.15) is 0 Å². The number of hydrogen-bond acceptors (Lipinski definition) is 5. The van der Waals surface area contributed by atoms with Crippen molar-refractivity contribution in [1.29, 1.82) is 0 Å². The minimum atomic E-state index is -0.371. The minimum absolute atomic E-state index is 0.144. The van der Waals surface area contributed by atoms with Crippen LogP contribution < -0.4 is 16.0 Å². The van der Waals surface area contributed by atoms with Crippen LogP contribution in [0.1, 0.15) is 21.5 Å². The van der Waals surface area contributed by atoms with Gasteiger partial charge in [-0.2, -0.15) is 0 Å². The second-order valence-electron chi connectivity index (χ2n) is 7.21. The molecule has 0 aliphatic carbocycles. The van der Waals surface area contributed by atoms with Gasteiger partial charge >= 0.3 is 0 Å². The van der Waals surface area contributed by atoms with Crippen LogP contribution in [0.5, 0.6) is 0 Å². The molecule has 3 rings (SSSR count). The lowest BCUT2D eigenvalue weighted by Crippen LogP contribution is -2.33. The Morgan fingerprint density at radius 1 is 1.00 bits per heavy atom. The first-order valence-electron chi connectivity index (χ1n) is 9.98. The fourth-order valence-electron chi connectivity index (χ4n) is 2.87. The molecule has 0 spiro atoms. The molecule has 0 fully saturated rings. The maximum atomic E-state index is 12.3. The molecular weight excluding hydrogens is 426 g/mol. The molecule has 0 aliphatic rings. The highest BCUT2D eigenvalue weighted by atomic mass is 32.2. The van der Waals surface area contributed by atoms with Gasteiger partial charge in [0.15, 0.2) is 5.16 Å². The Labute approximate surface area is 190 Å². The number of benzene rings is 2. The van der Waals surface area contributed by atoms with E-state index in [1.807, 2.05) is 49.9 Å². The van der Waals surface area contributed by atoms with Crippen LogP contribution in [-0.2, 0) is 16.6 Å². The molecule has 0 saturated heterocycles. The Kier molecular flexibility index (Phi) is 7.67. The van der Waals surface area contributed by atoms with Crippen LogP contribution >= 0.6 is 11.8 Å². The average Bonchev–Trinajstić information content (AvgIpc) is 3.19. The summed E-state index contributed by atoms with van der Waals surface area (Å²) in [6, 6.07) is 12.2. The Morgan fingerprint density at radius 2 is 1.75 bits per heavy atom. The van der Waals surface area contributed by atoms with Crippen molar-refractivity contribution in [2.75, 3.05) is 22.9 Å². The molecule has 0 saturated carbocycles. The van der Waals surface area contributed by atoms with Crippen LogP contribution in [0.4, 0.5) is 11.4 Å². The predicted octanol–water partition coefficient (Wildman–Crippen LogP) is 3.14. The summed E-state index contributed by atoms with van der Waals surface area (Å²) >= 11 is 1.34. The Bertz CT molecular complexity index is 1120. The smallest absolute Gasteiger partial charge is 0.251 e. The van der Waals surface area contributed by atoms with E-state index < -0.39 is 0 Å². The highest BCUT2D eigenvalue weighted by molar-refractivity contribution is 7.99. The SMILES string of the molecule is Cc1cccc(NC(=O)CNC(=O)c2ccc(NC(=O)CSc3nccn3C)cc2)c1C. The van der Waals surface area contributed by atoms with Crippen LogP contribution in [-0.4, -0.2) is 39.6 Å². The molecule has 0 atom stereocenters. The summed E-state index contributed by atoms with van der Waals surface area (Å²) in [5.41, 5.74) is 3.77. The van der Waals surface area contributed by atoms with Gasteiger partial charge in [0.2, 0.25) is 11.8 Å². The third-order valence-electron chi connectivity index (χ3n) is 4.83. The van der Waals surface area contributed by atoms with Crippen molar-refractivity contribution in [2.24, 2.45) is 7.05 Å². The lowest BCUT2D eigenvalue weighted by molar-refractivity contribution is -0.115. The number of rotatable bonds is 8. The second kappa shape index (κ2) is 10.6. The fourth-order valence-corrected chi connectivity index (χ4v) is 3.60. The summed E-state index contributed by atoms with van der Waals surface area (Å²) in [4.78, 5) is 40.8. The Balaban J connectivity index is 1.46. The summed E-state index contributed by atoms with van der Waals surface area (Å²) in [5, 5.41) is 8.95. The third kappa shape index (κ3) is 6.21. The number of amides is 3. The number of carbonyl (C=O) groups excluding carboxylic acids is 3. The molecule has 8 nitrogen and oxygen atoms in total. The summed E-state index contributed by atoms with van der Waals surface area (Å²) in [7, 11) is 1.87. The van der Waals surface area contributed by atoms with E-state index in [4.69, 9.17) is 0 Å². The molecule has 166 valence electrons. The molecule has 1 heterocycles. The highest BCUT2D eigenvalue weighted by Crippen LogP contribution is 2.18. The Hall–Kier alpha value is -3.59. The predicted molar refractivity (Wildman–Crippen MR) is 126 cm³/mol. The van der Waals surface area contributed by atoms with Crippen LogP contribution in [0.15, 0.2) is 60.0 Å². The van der Waals surface area contributed by atoms with Crippen molar-refractivity contribution in [3.8, 4) is 0 Å². The number of nitrogens with zero attached hydrogens (tertiary/aromatic N) is 2. The van der Waals surface area contributed by atoms with Gasteiger partial charge in [-0.25, -0.2) is 4.98 Å². The van der Waals surface area contributed by atoms with Crippen molar-refractivity contribution < 1.29 is 14.4 Å². The van der Waals surface area contributed by atoms with Crippen molar-refractivity contribution in [3.63, 3.8) is 0 Å². The van der Waals surface area contributed by atoms with E-state index in [-0.39, 0.29) is 30.0 Å². The summed E-state index contributed by atoms with van der Waals surface area (Å²) in [5.74, 6) is -0.619. The standard InChI is InChI=1S/C23H25N5O3S/c1-15-5-4-6-19(16(15)2)27-20(29)13-25-22(31)17-7-9-18(10-8-17)26-21(30)14-32-23-24-11-12-28(23)3/h4-12H,13-14H2,1-3H3,(H,25,31)(H,26,30)(H,27,29). The van der Waals surface area contributed by atoms with Crippen molar-refractivity contribution in [2.45, 2.75) is 19.0 Å². The maximum absolute atomic E-state index is 12.3. The Morgan fingerprint density at radius 3 is 2.44 bits per heavy atom. The number of aromatic nitrogens is 2. The van der Waals surface area contributed by atoms with E-state index in [0.29, 0.717) is 11.3 Å². The molecule has 0 aliphatic heterocycles. The molecule has 9 heteroatoms. The number of carbonyl (C=O) groups is 3. The van der Waals surface area contributed by atoms with E-state index in [1.165, 1.54) is 11.8 Å². The first kappa shape index (κ1) is 23.1. The second-order valence-corrected chi connectivity index (χ2v) is 8.16. The van der Waals surface area contributed by atoms with Crippen molar-refractivity contribution in [1.82, 2.24) is 14.9 Å². The number of nitrogens with one attached hydrogen (secondary N) is 3. The summed E-state index contributed by atoms with van der Waals surface area (Å²) < 4.78 is 1.84. The monoisotopic (exact) mass is 451 g/mol. The zero-order chi connectivity index (χ0) is 23.1. The van der Waals surface area contributed by atoms with E-state index in [9.17, 15) is 14.4 Å². The molecule has 0 radical (unpaired) electrons. The van der Waals surface area contributed by atoms with Crippen molar-refractivity contribution >= 4 is 40.9 Å². The van der Waals surface area contributed by atoms with E-state index in [1.54, 1.807) is 30.5 Å². The van der Waals surface area contributed by atoms with Gasteiger partial charge in [0.05, 0.1) is 12.3 Å². The lowest BCUT2D eigenvalue weighted by atomic mass is 10.1. The quantitative estimate of drug-likeness (QED) is 0.457. The molecule has 32 heavy (non-hydrogen) atoms. The van der Waals surface area contributed by atoms with Crippen LogP contribution in [0.2, 0.25) is 0 Å². The maximum Gasteiger partial charge on any atom is 0.251 e. The largest absolute Gasteiger partial charge is 0.343 e. The molecule has 0 unspecified atom stereocenters. The zero-order valence-electron chi connectivity index (χ0n) is 18.1. The number of imidazole rings is 1. The van der Waals surface area contributed by atoms with E-state index >= 15 is 0 Å². The molecule has 3 aromatic rings. The van der Waals surface area contributed by atoms with Crippen LogP contribution in [0, 0.1) is 13.8 Å². The molecule has 2 aromatic carbocycles. The number of anilines is 2. The van der Waals surface area contributed by atoms with Gasteiger partial charge in [-0.1, -0.05) is 23.9 Å². The number of aryl methyl sites for hydroxylation is 2. The number of hydrogen-bond donors (Lipinski definition) is 3. The normalized spacial score (nSPS) is 10.5. The first-order chi connectivity index (χ1) is 15.3. The van der Waals surface area contributed by atoms with Crippen LogP contribution in [0.25, 0.3) is 0 Å². The van der Waals surface area contributed by atoms with Gasteiger partial charge < -0.3 is 20.5 Å². The van der Waals surface area contributed by atoms with Gasteiger partial charge in [0.25, 0.3) is 5.91 Å². The summed E-state index contributed by atoms with van der Waals surface area (Å²) in [6.45, 7) is 3.76. The average molecular weight is 452 g/mol. The molecule has 0 bridgehead atoms. The molecule has 3 N–H and O–H groups in total. The van der Waals surface area contributed by atoms with Crippen LogP contribution in [0.3, 0.4) is 0 Å². The summed E-state index contributed by atoms with van der Waals surface area (Å²) in [6.07, 6.45) is 3.49. The fraction of sp³-hybridized carbons (Fsp3) is 0.217. The number of thioether (sulfide) groups is 1. The van der Waals surface area contributed by atoms with Gasteiger partial charge in [-0.15, -0.1) is 0 Å². The van der Waals surface area contributed by atoms with E-state index in [2.05, 4.69) is 20.9 Å². The minimum Gasteiger partial charge on any atom is -0.343 e. The molecular formula is C23H25N5O3S. The van der Waals surface area contributed by atoms with Crippen molar-refractivity contribution in [3.05, 3.63) is 71.5 Å². The van der Waals surface area contributed by atoms with E-state index in [0.717, 1.165) is 22.0 Å². The van der Waals surface area contributed by atoms with Gasteiger partial charge in [-0.05, 0) is 55.3 Å². The third-order valence-corrected chi connectivity index (χ3v) is 5.89. The lowest BCUT2D eigenvalue weighted by Gasteiger charge is -2.11. The topological polar surface area (TPSA) is 105 Å². The zero-order valence-corrected chi connectivity index (χ0v) is 19.0. The van der Waals surface area contributed by atoms with Gasteiger partial charge in [0, 0.05) is 36.4 Å². The highest BCUT2D eigenvalue weighted by Gasteiger charge is 2.11. The first-order valence-corrected chi connectivity index (χ1v) is 11.0. The molecule has 3 amide bonds.